The molecule has 0 amide bonds. The molecule has 3 saturated carbocycles. The highest BCUT2D eigenvalue weighted by Crippen LogP contribution is 2.68. The maximum Gasteiger partial charge on any atom is 0.170 e. The van der Waals surface area contributed by atoms with E-state index in [1.54, 1.807) is 21.3 Å². The summed E-state index contributed by atoms with van der Waals surface area (Å²) in [5.41, 5.74) is 4.13. The highest BCUT2D eigenvalue weighted by molar-refractivity contribution is 5.50. The average Bonchev–Trinajstić information content (AvgIpc) is 3.19. The van der Waals surface area contributed by atoms with Crippen LogP contribution in [-0.2, 0) is 18.9 Å². The molecule has 3 fully saturated rings. The molecule has 5 rings (SSSR count). The van der Waals surface area contributed by atoms with Crippen molar-refractivity contribution < 1.29 is 24.1 Å². The van der Waals surface area contributed by atoms with Crippen LogP contribution >= 0.6 is 0 Å². The van der Waals surface area contributed by atoms with Crippen LogP contribution in [0.5, 0.6) is 0 Å². The van der Waals surface area contributed by atoms with Crippen molar-refractivity contribution in [3.05, 3.63) is 41.0 Å². The largest absolute Gasteiger partial charge is 0.385 e. The standard InChI is InChI=1S/C31H47NO5/c1-28-18-24(21-8-10-22(11-9-21)32(2)3)27-23(25(28)13-16-30(28,35-5)20-34-4)12-15-29(33)19-31(36-6,37-7)17-14-26(27)29/h8-11,23-25,33H,12-20H2,1-7H3/t23-,24+,25-,28-,29+,30+/m0/s1. The van der Waals surface area contributed by atoms with Gasteiger partial charge in [0.05, 0.1) is 17.8 Å². The van der Waals surface area contributed by atoms with Gasteiger partial charge in [-0.25, -0.2) is 0 Å². The minimum atomic E-state index is -0.880. The summed E-state index contributed by atoms with van der Waals surface area (Å²) in [6.07, 6.45) is 6.98. The smallest absolute Gasteiger partial charge is 0.170 e. The third-order valence-electron chi connectivity index (χ3n) is 11.0. The molecular formula is C31H47NO5. The van der Waals surface area contributed by atoms with E-state index in [0.717, 1.165) is 44.9 Å². The van der Waals surface area contributed by atoms with E-state index in [9.17, 15) is 5.11 Å². The molecule has 0 bridgehead atoms. The molecule has 1 aromatic rings. The number of hydrogen-bond donors (Lipinski definition) is 1. The number of rotatable bonds is 7. The van der Waals surface area contributed by atoms with Crippen molar-refractivity contribution >= 4 is 5.69 Å². The highest BCUT2D eigenvalue weighted by Gasteiger charge is 2.65. The van der Waals surface area contributed by atoms with Crippen molar-refractivity contribution in [3.8, 4) is 0 Å². The molecule has 206 valence electrons. The number of allylic oxidation sites excluding steroid dienone is 1. The van der Waals surface area contributed by atoms with E-state index >= 15 is 0 Å². The van der Waals surface area contributed by atoms with Gasteiger partial charge < -0.3 is 29.0 Å². The van der Waals surface area contributed by atoms with Crippen LogP contribution in [0.3, 0.4) is 0 Å². The number of aliphatic hydroxyl groups is 1. The van der Waals surface area contributed by atoms with Gasteiger partial charge in [-0.05, 0) is 73.6 Å². The zero-order chi connectivity index (χ0) is 26.6. The van der Waals surface area contributed by atoms with Crippen molar-refractivity contribution in [1.82, 2.24) is 0 Å². The highest BCUT2D eigenvalue weighted by atomic mass is 16.7. The fourth-order valence-corrected chi connectivity index (χ4v) is 8.95. The second kappa shape index (κ2) is 9.63. The average molecular weight is 514 g/mol. The van der Waals surface area contributed by atoms with Crippen molar-refractivity contribution in [2.45, 2.75) is 81.2 Å². The van der Waals surface area contributed by atoms with Crippen LogP contribution in [0.4, 0.5) is 5.69 Å². The molecule has 1 aromatic carbocycles. The van der Waals surface area contributed by atoms with E-state index in [4.69, 9.17) is 18.9 Å². The first kappa shape index (κ1) is 27.1. The first-order chi connectivity index (χ1) is 17.6. The van der Waals surface area contributed by atoms with E-state index in [0.29, 0.717) is 24.9 Å². The molecule has 1 N–H and O–H groups in total. The van der Waals surface area contributed by atoms with Gasteiger partial charge in [0.25, 0.3) is 0 Å². The second-order valence-corrected chi connectivity index (χ2v) is 12.5. The van der Waals surface area contributed by atoms with Crippen molar-refractivity contribution in [3.63, 3.8) is 0 Å². The lowest BCUT2D eigenvalue weighted by Crippen LogP contribution is -2.57. The molecule has 4 aliphatic rings. The van der Waals surface area contributed by atoms with Crippen LogP contribution in [-0.4, -0.2) is 71.2 Å². The molecule has 6 heteroatoms. The molecule has 0 radical (unpaired) electrons. The predicted octanol–water partition coefficient (Wildman–Crippen LogP) is 5.30. The number of ether oxygens (including phenoxy) is 4. The third-order valence-corrected chi connectivity index (χ3v) is 11.0. The van der Waals surface area contributed by atoms with Gasteiger partial charge in [0.15, 0.2) is 5.79 Å². The van der Waals surface area contributed by atoms with Gasteiger partial charge in [0, 0.05) is 72.4 Å². The predicted molar refractivity (Wildman–Crippen MR) is 146 cm³/mol. The Morgan fingerprint density at radius 3 is 2.24 bits per heavy atom. The van der Waals surface area contributed by atoms with Gasteiger partial charge >= 0.3 is 0 Å². The number of fused-ring (bicyclic) bond motifs is 4. The number of anilines is 1. The number of benzene rings is 1. The fourth-order valence-electron chi connectivity index (χ4n) is 8.95. The summed E-state index contributed by atoms with van der Waals surface area (Å²) < 4.78 is 23.9. The molecule has 6 atom stereocenters. The topological polar surface area (TPSA) is 60.4 Å². The Labute approximate surface area is 223 Å². The summed E-state index contributed by atoms with van der Waals surface area (Å²) >= 11 is 0. The number of methoxy groups -OCH3 is 4. The third kappa shape index (κ3) is 4.01. The number of nitrogens with zero attached hydrogens (tertiary/aromatic N) is 1. The lowest BCUT2D eigenvalue weighted by atomic mass is 9.49. The molecule has 0 unspecified atom stereocenters. The Morgan fingerprint density at radius 1 is 0.946 bits per heavy atom. The van der Waals surface area contributed by atoms with Crippen LogP contribution < -0.4 is 4.90 Å². The van der Waals surface area contributed by atoms with E-state index in [2.05, 4.69) is 50.2 Å². The van der Waals surface area contributed by atoms with E-state index in [1.165, 1.54) is 22.4 Å². The van der Waals surface area contributed by atoms with Crippen LogP contribution in [0, 0.1) is 17.3 Å². The summed E-state index contributed by atoms with van der Waals surface area (Å²) in [7, 11) is 11.2. The second-order valence-electron chi connectivity index (χ2n) is 12.5. The zero-order valence-electron chi connectivity index (χ0n) is 23.9. The first-order valence-electron chi connectivity index (χ1n) is 14.0. The minimum Gasteiger partial charge on any atom is -0.385 e. The van der Waals surface area contributed by atoms with Gasteiger partial charge in [-0.3, -0.25) is 0 Å². The lowest BCUT2D eigenvalue weighted by molar-refractivity contribution is -0.246. The quantitative estimate of drug-likeness (QED) is 0.395. The molecule has 4 aliphatic carbocycles. The monoisotopic (exact) mass is 513 g/mol. The van der Waals surface area contributed by atoms with Gasteiger partial charge in [0.2, 0.25) is 0 Å². The Balaban J connectivity index is 1.65. The van der Waals surface area contributed by atoms with Crippen LogP contribution in [0.25, 0.3) is 0 Å². The van der Waals surface area contributed by atoms with Gasteiger partial charge in [-0.1, -0.05) is 24.6 Å². The molecule has 0 saturated heterocycles. The molecule has 6 nitrogen and oxygen atoms in total. The Bertz CT molecular complexity index is 1020. The maximum absolute atomic E-state index is 12.2. The van der Waals surface area contributed by atoms with Crippen LogP contribution in [0.1, 0.15) is 69.8 Å². The number of hydrogen-bond acceptors (Lipinski definition) is 6. The molecular weight excluding hydrogens is 466 g/mol. The summed E-state index contributed by atoms with van der Waals surface area (Å²) in [6, 6.07) is 9.07. The Hall–Kier alpha value is -1.44. The molecule has 0 aromatic heterocycles. The molecule has 0 aliphatic heterocycles. The van der Waals surface area contributed by atoms with E-state index in [1.807, 2.05) is 7.11 Å². The van der Waals surface area contributed by atoms with E-state index < -0.39 is 11.4 Å². The molecule has 0 heterocycles. The minimum absolute atomic E-state index is 0.00961. The van der Waals surface area contributed by atoms with Crippen molar-refractivity contribution in [2.75, 3.05) is 54.0 Å². The van der Waals surface area contributed by atoms with Gasteiger partial charge in [0.1, 0.15) is 0 Å². The maximum atomic E-state index is 12.2. The summed E-state index contributed by atoms with van der Waals surface area (Å²) in [5, 5.41) is 12.2. The Morgan fingerprint density at radius 2 is 1.65 bits per heavy atom. The first-order valence-corrected chi connectivity index (χ1v) is 14.0. The summed E-state index contributed by atoms with van der Waals surface area (Å²) in [5.74, 6) is 0.489. The Kier molecular flexibility index (Phi) is 7.07. The van der Waals surface area contributed by atoms with E-state index in [-0.39, 0.29) is 16.9 Å². The van der Waals surface area contributed by atoms with Crippen LogP contribution in [0.15, 0.2) is 35.4 Å². The van der Waals surface area contributed by atoms with Crippen molar-refractivity contribution in [1.29, 1.82) is 0 Å². The summed E-state index contributed by atoms with van der Waals surface area (Å²) in [6.45, 7) is 3.08. The normalized spacial score (nSPS) is 38.6. The fraction of sp³-hybridized carbons (Fsp3) is 0.742. The lowest BCUT2D eigenvalue weighted by Gasteiger charge is -2.58. The van der Waals surface area contributed by atoms with Gasteiger partial charge in [-0.15, -0.1) is 0 Å². The van der Waals surface area contributed by atoms with Crippen LogP contribution in [0.2, 0.25) is 0 Å². The summed E-state index contributed by atoms with van der Waals surface area (Å²) in [4.78, 5) is 2.15. The molecule has 37 heavy (non-hydrogen) atoms. The van der Waals surface area contributed by atoms with Crippen molar-refractivity contribution in [2.24, 2.45) is 17.3 Å². The van der Waals surface area contributed by atoms with Gasteiger partial charge in [-0.2, -0.15) is 0 Å². The molecule has 0 spiro atoms. The SMILES string of the molecule is COC[C@]1(OC)CC[C@H]2[C@@H]3CC[C@@]4(O)CC(OC)(OC)CCC4=C3[C@@H](c3ccc(N(C)C)cc3)C[C@@]21C. The zero-order valence-corrected chi connectivity index (χ0v) is 23.9.